The predicted octanol–water partition coefficient (Wildman–Crippen LogP) is 2.08. The molecule has 0 fully saturated rings. The fourth-order valence-electron chi connectivity index (χ4n) is 1.94. The van der Waals surface area contributed by atoms with Gasteiger partial charge in [0, 0.05) is 0 Å². The molecule has 1 aromatic heterocycles. The van der Waals surface area contributed by atoms with Crippen LogP contribution < -0.4 is 5.32 Å². The lowest BCUT2D eigenvalue weighted by atomic mass is 10.1. The van der Waals surface area contributed by atoms with Crippen molar-refractivity contribution in [1.82, 2.24) is 9.78 Å². The number of phenols is 1. The number of phenolic OH excluding ortho intramolecular Hbond substituents is 1. The van der Waals surface area contributed by atoms with Crippen molar-refractivity contribution >= 4 is 17.4 Å². The summed E-state index contributed by atoms with van der Waals surface area (Å²) in [6, 6.07) is 7.76. The lowest BCUT2D eigenvalue weighted by molar-refractivity contribution is -0.389. The van der Waals surface area contributed by atoms with Gasteiger partial charge in [-0.25, -0.2) is 0 Å². The van der Waals surface area contributed by atoms with E-state index in [1.165, 1.54) is 16.8 Å². The monoisotopic (exact) mass is 304 g/mol. The number of benzene rings is 1. The minimum absolute atomic E-state index is 0.0195. The number of rotatable bonds is 5. The van der Waals surface area contributed by atoms with Gasteiger partial charge in [0.2, 0.25) is 5.91 Å². The number of amides is 1. The van der Waals surface area contributed by atoms with Crippen molar-refractivity contribution in [2.24, 2.45) is 5.92 Å². The number of aromatic nitrogens is 2. The number of aryl methyl sites for hydroxylation is 1. The highest BCUT2D eigenvalue weighted by molar-refractivity contribution is 5.93. The first-order valence-corrected chi connectivity index (χ1v) is 6.66. The smallest absolute Gasteiger partial charge is 0.390 e. The largest absolute Gasteiger partial charge is 0.506 e. The van der Waals surface area contributed by atoms with Gasteiger partial charge in [-0.15, -0.1) is 0 Å². The van der Waals surface area contributed by atoms with Gasteiger partial charge in [-0.05, 0) is 24.0 Å². The molecule has 2 rings (SSSR count). The van der Waals surface area contributed by atoms with Gasteiger partial charge < -0.3 is 20.5 Å². The third-order valence-corrected chi connectivity index (χ3v) is 3.21. The van der Waals surface area contributed by atoms with Crippen LogP contribution in [0.15, 0.2) is 30.3 Å². The lowest BCUT2D eigenvalue weighted by Gasteiger charge is -2.12. The zero-order valence-electron chi connectivity index (χ0n) is 12.2. The molecule has 0 aliphatic heterocycles. The summed E-state index contributed by atoms with van der Waals surface area (Å²) in [6.07, 6.45) is 0. The second kappa shape index (κ2) is 6.25. The van der Waals surface area contributed by atoms with Gasteiger partial charge in [-0.3, -0.25) is 4.79 Å². The Bertz CT molecular complexity index is 711. The zero-order valence-corrected chi connectivity index (χ0v) is 12.2. The Balaban J connectivity index is 2.06. The van der Waals surface area contributed by atoms with Crippen LogP contribution in [0.4, 0.5) is 11.5 Å². The Morgan fingerprint density at radius 1 is 1.50 bits per heavy atom. The van der Waals surface area contributed by atoms with Crippen molar-refractivity contribution in [1.29, 1.82) is 0 Å². The molecule has 8 heteroatoms. The SMILES string of the molecule is Cc1cc([N+](=O)[O-])nn1C[C@H](C)C(=O)Nc1ccccc1O. The Hall–Kier alpha value is -2.90. The molecule has 0 radical (unpaired) electrons. The molecule has 1 heterocycles. The maximum atomic E-state index is 12.1. The van der Waals surface area contributed by atoms with Gasteiger partial charge in [0.15, 0.2) is 0 Å². The molecule has 0 saturated carbocycles. The number of aromatic hydroxyl groups is 1. The topological polar surface area (TPSA) is 110 Å². The summed E-state index contributed by atoms with van der Waals surface area (Å²) in [5.74, 6) is -1.04. The van der Waals surface area contributed by atoms with Crippen molar-refractivity contribution in [2.45, 2.75) is 20.4 Å². The number of nitrogens with zero attached hydrogens (tertiary/aromatic N) is 3. The molecule has 22 heavy (non-hydrogen) atoms. The number of nitro groups is 1. The minimum Gasteiger partial charge on any atom is -0.506 e. The third kappa shape index (κ3) is 3.40. The van der Waals surface area contributed by atoms with E-state index in [9.17, 15) is 20.0 Å². The fourth-order valence-corrected chi connectivity index (χ4v) is 1.94. The maximum absolute atomic E-state index is 12.1. The van der Waals surface area contributed by atoms with Gasteiger partial charge >= 0.3 is 5.82 Å². The first kappa shape index (κ1) is 15.5. The summed E-state index contributed by atoms with van der Waals surface area (Å²) in [7, 11) is 0. The van der Waals surface area contributed by atoms with Crippen LogP contribution in [-0.4, -0.2) is 25.7 Å². The Morgan fingerprint density at radius 2 is 2.18 bits per heavy atom. The van der Waals surface area contributed by atoms with Crippen molar-refractivity contribution in [3.63, 3.8) is 0 Å². The molecular weight excluding hydrogens is 288 g/mol. The quantitative estimate of drug-likeness (QED) is 0.499. The standard InChI is InChI=1S/C14H16N4O4/c1-9(8-17-10(2)7-13(16-17)18(21)22)14(20)15-11-5-3-4-6-12(11)19/h3-7,9,19H,8H2,1-2H3,(H,15,20)/t9-/m0/s1. The third-order valence-electron chi connectivity index (χ3n) is 3.21. The van der Waals surface area contributed by atoms with Crippen LogP contribution in [0.1, 0.15) is 12.6 Å². The van der Waals surface area contributed by atoms with E-state index >= 15 is 0 Å². The molecule has 0 spiro atoms. The summed E-state index contributed by atoms with van der Waals surface area (Å²) < 4.78 is 1.42. The van der Waals surface area contributed by atoms with E-state index in [4.69, 9.17) is 0 Å². The molecule has 2 N–H and O–H groups in total. The number of para-hydroxylation sites is 2. The first-order valence-electron chi connectivity index (χ1n) is 6.66. The molecule has 2 aromatic rings. The number of hydrogen-bond acceptors (Lipinski definition) is 5. The highest BCUT2D eigenvalue weighted by Gasteiger charge is 2.21. The van der Waals surface area contributed by atoms with Gasteiger partial charge in [-0.1, -0.05) is 19.1 Å². The van der Waals surface area contributed by atoms with Gasteiger partial charge in [0.25, 0.3) is 0 Å². The summed E-state index contributed by atoms with van der Waals surface area (Å²) >= 11 is 0. The van der Waals surface area contributed by atoms with Crippen LogP contribution in [0.2, 0.25) is 0 Å². The van der Waals surface area contributed by atoms with E-state index in [-0.39, 0.29) is 24.0 Å². The predicted molar refractivity (Wildman–Crippen MR) is 79.5 cm³/mol. The van der Waals surface area contributed by atoms with E-state index in [0.29, 0.717) is 11.4 Å². The van der Waals surface area contributed by atoms with Crippen LogP contribution in [0, 0.1) is 23.0 Å². The normalized spacial score (nSPS) is 11.9. The minimum atomic E-state index is -0.573. The lowest BCUT2D eigenvalue weighted by Crippen LogP contribution is -2.25. The van der Waals surface area contributed by atoms with E-state index in [1.54, 1.807) is 32.0 Å². The molecule has 1 amide bonds. The molecule has 0 aliphatic carbocycles. The number of hydrogen-bond donors (Lipinski definition) is 2. The summed E-state index contributed by atoms with van der Waals surface area (Å²) in [4.78, 5) is 22.2. The number of nitrogens with one attached hydrogen (secondary N) is 1. The highest BCUT2D eigenvalue weighted by Crippen LogP contribution is 2.22. The number of carbonyl (C=O) groups excluding carboxylic acids is 1. The van der Waals surface area contributed by atoms with Crippen molar-refractivity contribution in [3.8, 4) is 5.75 Å². The molecular formula is C14H16N4O4. The average Bonchev–Trinajstić information content (AvgIpc) is 2.83. The summed E-state index contributed by atoms with van der Waals surface area (Å²) in [5.41, 5.74) is 0.927. The Morgan fingerprint density at radius 3 is 2.77 bits per heavy atom. The molecule has 1 aromatic carbocycles. The molecule has 0 unspecified atom stereocenters. The number of anilines is 1. The first-order chi connectivity index (χ1) is 10.4. The Kier molecular flexibility index (Phi) is 4.40. The molecule has 0 aliphatic rings. The molecule has 116 valence electrons. The van der Waals surface area contributed by atoms with Crippen LogP contribution in [0.5, 0.6) is 5.75 Å². The molecule has 1 atom stereocenters. The second-order valence-electron chi connectivity index (χ2n) is 4.99. The summed E-state index contributed by atoms with van der Waals surface area (Å²) in [5, 5.41) is 26.8. The van der Waals surface area contributed by atoms with E-state index in [2.05, 4.69) is 10.4 Å². The van der Waals surface area contributed by atoms with E-state index in [1.807, 2.05) is 0 Å². The van der Waals surface area contributed by atoms with E-state index in [0.717, 1.165) is 0 Å². The molecule has 0 bridgehead atoms. The van der Waals surface area contributed by atoms with Gasteiger partial charge in [-0.2, -0.15) is 4.68 Å². The van der Waals surface area contributed by atoms with Crippen molar-refractivity contribution in [3.05, 3.63) is 46.1 Å². The van der Waals surface area contributed by atoms with Crippen molar-refractivity contribution < 1.29 is 14.8 Å². The van der Waals surface area contributed by atoms with E-state index < -0.39 is 10.8 Å². The second-order valence-corrected chi connectivity index (χ2v) is 4.99. The van der Waals surface area contributed by atoms with Crippen LogP contribution in [0.25, 0.3) is 0 Å². The van der Waals surface area contributed by atoms with Gasteiger partial charge in [0.05, 0.1) is 35.0 Å². The molecule has 0 saturated heterocycles. The Labute approximate surface area is 126 Å². The fraction of sp³-hybridized carbons (Fsp3) is 0.286. The maximum Gasteiger partial charge on any atom is 0.390 e. The number of carbonyl (C=O) groups is 1. The van der Waals surface area contributed by atoms with Crippen LogP contribution in [-0.2, 0) is 11.3 Å². The molecule has 8 nitrogen and oxygen atoms in total. The summed E-state index contributed by atoms with van der Waals surface area (Å²) in [6.45, 7) is 3.58. The van der Waals surface area contributed by atoms with Crippen LogP contribution >= 0.6 is 0 Å². The van der Waals surface area contributed by atoms with Gasteiger partial charge in [0.1, 0.15) is 5.75 Å². The van der Waals surface area contributed by atoms with Crippen LogP contribution in [0.3, 0.4) is 0 Å². The highest BCUT2D eigenvalue weighted by atomic mass is 16.6. The van der Waals surface area contributed by atoms with Crippen molar-refractivity contribution in [2.75, 3.05) is 5.32 Å². The zero-order chi connectivity index (χ0) is 16.3. The average molecular weight is 304 g/mol.